The minimum atomic E-state index is -1.31. The molecule has 0 atom stereocenters. The largest absolute Gasteiger partial charge is 0.476 e. The van der Waals surface area contributed by atoms with Crippen molar-refractivity contribution < 1.29 is 9.90 Å². The first-order valence-corrected chi connectivity index (χ1v) is 8.35. The van der Waals surface area contributed by atoms with Crippen molar-refractivity contribution in [1.82, 2.24) is 9.78 Å². The molecule has 5 nitrogen and oxygen atoms in total. The lowest BCUT2D eigenvalue weighted by Crippen LogP contribution is -2.02. The Bertz CT molecular complexity index is 1000. The van der Waals surface area contributed by atoms with Crippen LogP contribution in [0.15, 0.2) is 30.3 Å². The van der Waals surface area contributed by atoms with E-state index in [2.05, 4.69) is 5.10 Å². The molecule has 0 aliphatic carbocycles. The fourth-order valence-electron chi connectivity index (χ4n) is 2.17. The molecular weight excluding hydrogens is 393 g/mol. The Balaban J connectivity index is 2.37. The molecule has 3 rings (SSSR count). The smallest absolute Gasteiger partial charge is 0.357 e. The molecule has 0 spiro atoms. The minimum Gasteiger partial charge on any atom is -0.476 e. The van der Waals surface area contributed by atoms with E-state index < -0.39 is 5.97 Å². The van der Waals surface area contributed by atoms with E-state index in [1.807, 2.05) is 6.07 Å². The second-order valence-electron chi connectivity index (χ2n) is 4.60. The third-order valence-electron chi connectivity index (χ3n) is 3.14. The number of hydrogen-bond acceptors (Lipinski definition) is 4. The van der Waals surface area contributed by atoms with E-state index in [1.165, 1.54) is 22.1 Å². The van der Waals surface area contributed by atoms with Crippen molar-refractivity contribution in [3.05, 3.63) is 56.0 Å². The molecule has 9 heteroatoms. The van der Waals surface area contributed by atoms with Gasteiger partial charge in [-0.15, -0.1) is 11.3 Å². The first-order valence-electron chi connectivity index (χ1n) is 6.40. The summed E-state index contributed by atoms with van der Waals surface area (Å²) in [5, 5.41) is 23.5. The number of carbonyl (C=O) groups is 1. The Morgan fingerprint density at radius 3 is 2.54 bits per heavy atom. The predicted molar refractivity (Wildman–Crippen MR) is 93.6 cm³/mol. The van der Waals surface area contributed by atoms with Crippen LogP contribution in [-0.4, -0.2) is 20.9 Å². The quantitative estimate of drug-likeness (QED) is 0.663. The number of hydrogen-bond donors (Lipinski definition) is 1. The van der Waals surface area contributed by atoms with Crippen LogP contribution in [0.5, 0.6) is 0 Å². The lowest BCUT2D eigenvalue weighted by atomic mass is 10.1. The van der Waals surface area contributed by atoms with Gasteiger partial charge >= 0.3 is 5.97 Å². The van der Waals surface area contributed by atoms with Gasteiger partial charge in [0.05, 0.1) is 19.9 Å². The van der Waals surface area contributed by atoms with E-state index >= 15 is 0 Å². The second-order valence-corrected chi connectivity index (χ2v) is 7.16. The highest BCUT2D eigenvalue weighted by atomic mass is 35.5. The normalized spacial score (nSPS) is 10.6. The third-order valence-corrected chi connectivity index (χ3v) is 4.92. The molecule has 3 aromatic rings. The van der Waals surface area contributed by atoms with Gasteiger partial charge in [0.2, 0.25) is 0 Å². The highest BCUT2D eigenvalue weighted by Crippen LogP contribution is 2.37. The van der Waals surface area contributed by atoms with Gasteiger partial charge in [-0.2, -0.15) is 10.4 Å². The van der Waals surface area contributed by atoms with Crippen molar-refractivity contribution in [1.29, 1.82) is 5.26 Å². The number of aromatic carboxylic acids is 1. The molecule has 24 heavy (non-hydrogen) atoms. The molecule has 0 radical (unpaired) electrons. The van der Waals surface area contributed by atoms with Gasteiger partial charge in [0.15, 0.2) is 5.69 Å². The highest BCUT2D eigenvalue weighted by molar-refractivity contribution is 7.19. The van der Waals surface area contributed by atoms with Crippen LogP contribution in [0, 0.1) is 11.3 Å². The van der Waals surface area contributed by atoms with Crippen molar-refractivity contribution in [2.24, 2.45) is 0 Å². The van der Waals surface area contributed by atoms with Crippen LogP contribution in [0.1, 0.15) is 16.1 Å². The number of aromatic nitrogens is 2. The highest BCUT2D eigenvalue weighted by Gasteiger charge is 2.26. The maximum Gasteiger partial charge on any atom is 0.357 e. The van der Waals surface area contributed by atoms with Gasteiger partial charge < -0.3 is 5.11 Å². The number of carboxylic acid groups (broad SMARTS) is 1. The summed E-state index contributed by atoms with van der Waals surface area (Å²) >= 11 is 19.3. The number of thiophene rings is 1. The molecular formula is C15H6Cl3N3O2S. The summed E-state index contributed by atoms with van der Waals surface area (Å²) in [7, 11) is 0. The minimum absolute atomic E-state index is 0.0629. The Morgan fingerprint density at radius 2 is 2.00 bits per heavy atom. The fourth-order valence-corrected chi connectivity index (χ4v) is 3.74. The van der Waals surface area contributed by atoms with E-state index in [1.54, 1.807) is 24.3 Å². The average molecular weight is 399 g/mol. The zero-order valence-corrected chi connectivity index (χ0v) is 14.7. The fraction of sp³-hybridized carbons (Fsp3) is 0. The van der Waals surface area contributed by atoms with Crippen LogP contribution in [-0.2, 0) is 0 Å². The number of rotatable bonds is 3. The van der Waals surface area contributed by atoms with E-state index in [-0.39, 0.29) is 16.3 Å². The molecule has 0 bridgehead atoms. The Kier molecular flexibility index (Phi) is 4.52. The van der Waals surface area contributed by atoms with Crippen molar-refractivity contribution in [2.75, 3.05) is 0 Å². The maximum atomic E-state index is 11.4. The lowest BCUT2D eigenvalue weighted by Gasteiger charge is -2.08. The third kappa shape index (κ3) is 2.87. The predicted octanol–water partition coefficient (Wildman–Crippen LogP) is 5.13. The first kappa shape index (κ1) is 16.8. The molecule has 1 N–H and O–H groups in total. The van der Waals surface area contributed by atoms with Crippen LogP contribution in [0.2, 0.25) is 14.4 Å². The van der Waals surface area contributed by atoms with Crippen molar-refractivity contribution in [3.63, 3.8) is 0 Å². The standard InChI is InChI=1S/C15H6Cl3N3O2S/c16-7-1-2-10(9(17)5-7)21-14(11-3-4-12(18)24-11)8(6-19)13(20-21)15(22)23/h1-5H,(H,22,23). The summed E-state index contributed by atoms with van der Waals surface area (Å²) in [6.07, 6.45) is 0. The van der Waals surface area contributed by atoms with E-state index in [9.17, 15) is 15.2 Å². The topological polar surface area (TPSA) is 78.9 Å². The zero-order chi connectivity index (χ0) is 17.4. The zero-order valence-electron chi connectivity index (χ0n) is 11.6. The molecule has 0 saturated carbocycles. The SMILES string of the molecule is N#Cc1c(C(=O)O)nn(-c2ccc(Cl)cc2Cl)c1-c1ccc(Cl)s1. The molecule has 1 aromatic carbocycles. The molecule has 2 heterocycles. The van der Waals surface area contributed by atoms with Crippen LogP contribution in [0.3, 0.4) is 0 Å². The van der Waals surface area contributed by atoms with E-state index in [4.69, 9.17) is 34.8 Å². The molecule has 120 valence electrons. The molecule has 0 aliphatic rings. The van der Waals surface area contributed by atoms with Crippen molar-refractivity contribution in [3.8, 4) is 22.3 Å². The second kappa shape index (κ2) is 6.46. The summed E-state index contributed by atoms with van der Waals surface area (Å²) in [5.74, 6) is -1.31. The van der Waals surface area contributed by atoms with Crippen molar-refractivity contribution in [2.45, 2.75) is 0 Å². The van der Waals surface area contributed by atoms with Crippen LogP contribution in [0.25, 0.3) is 16.3 Å². The Labute approximate surface area is 155 Å². The number of halogens is 3. The summed E-state index contributed by atoms with van der Waals surface area (Å²) in [6.45, 7) is 0. The molecule has 0 amide bonds. The molecule has 0 fully saturated rings. The monoisotopic (exact) mass is 397 g/mol. The Hall–Kier alpha value is -2.04. The molecule has 0 aliphatic heterocycles. The van der Waals surface area contributed by atoms with Gasteiger partial charge in [0.1, 0.15) is 17.3 Å². The molecule has 0 saturated heterocycles. The number of nitrogens with zero attached hydrogens (tertiary/aromatic N) is 3. The van der Waals surface area contributed by atoms with Crippen LogP contribution < -0.4 is 0 Å². The lowest BCUT2D eigenvalue weighted by molar-refractivity contribution is 0.0689. The summed E-state index contributed by atoms with van der Waals surface area (Å²) in [4.78, 5) is 12.0. The summed E-state index contributed by atoms with van der Waals surface area (Å²) < 4.78 is 1.82. The van der Waals surface area contributed by atoms with Gasteiger partial charge in [0, 0.05) is 5.02 Å². The number of carboxylic acids is 1. The van der Waals surface area contributed by atoms with Gasteiger partial charge in [-0.1, -0.05) is 34.8 Å². The van der Waals surface area contributed by atoms with Crippen LogP contribution >= 0.6 is 46.1 Å². The van der Waals surface area contributed by atoms with Crippen LogP contribution in [0.4, 0.5) is 0 Å². The van der Waals surface area contributed by atoms with Gasteiger partial charge in [-0.25, -0.2) is 9.48 Å². The van der Waals surface area contributed by atoms with Gasteiger partial charge in [-0.05, 0) is 30.3 Å². The Morgan fingerprint density at radius 1 is 1.25 bits per heavy atom. The summed E-state index contributed by atoms with van der Waals surface area (Å²) in [6, 6.07) is 9.96. The molecule has 0 unspecified atom stereocenters. The van der Waals surface area contributed by atoms with Gasteiger partial charge in [-0.3, -0.25) is 0 Å². The van der Waals surface area contributed by atoms with Gasteiger partial charge in [0.25, 0.3) is 0 Å². The molecule has 2 aromatic heterocycles. The van der Waals surface area contributed by atoms with Crippen molar-refractivity contribution >= 4 is 52.1 Å². The first-order chi connectivity index (χ1) is 11.4. The number of nitriles is 1. The average Bonchev–Trinajstić information content (AvgIpc) is 3.10. The maximum absolute atomic E-state index is 11.4. The van der Waals surface area contributed by atoms with E-state index in [0.29, 0.717) is 25.6 Å². The number of benzene rings is 1. The summed E-state index contributed by atoms with van der Waals surface area (Å²) in [5.41, 5.74) is 0.302. The van der Waals surface area contributed by atoms with E-state index in [0.717, 1.165) is 0 Å².